The minimum absolute atomic E-state index is 0.108. The number of benzene rings is 1. The number of carbonyl (C=O) groups excluding carboxylic acids is 2. The van der Waals surface area contributed by atoms with Crippen molar-refractivity contribution in [3.05, 3.63) is 40.7 Å². The van der Waals surface area contributed by atoms with E-state index in [-0.39, 0.29) is 4.90 Å². The van der Waals surface area contributed by atoms with Crippen molar-refractivity contribution in [1.29, 1.82) is 4.78 Å². The SMILES string of the molecule is CS(=O)(=O)NC(=O)Cn1cc(S(=N)(=O)NC(=O)Nc2c3c(cc4c2CCC4)CCC3)cn1. The van der Waals surface area contributed by atoms with Crippen LogP contribution in [-0.2, 0) is 57.0 Å². The number of carbonyl (C=O) groups is 2. The molecule has 0 saturated carbocycles. The van der Waals surface area contributed by atoms with Crippen molar-refractivity contribution in [2.45, 2.75) is 50.0 Å². The maximum atomic E-state index is 12.8. The lowest BCUT2D eigenvalue weighted by Gasteiger charge is -2.17. The van der Waals surface area contributed by atoms with Gasteiger partial charge in [-0.1, -0.05) is 6.07 Å². The van der Waals surface area contributed by atoms with Crippen molar-refractivity contribution in [3.8, 4) is 0 Å². The third kappa shape index (κ3) is 4.78. The van der Waals surface area contributed by atoms with Gasteiger partial charge in [0, 0.05) is 11.9 Å². The fourth-order valence-electron chi connectivity index (χ4n) is 4.26. The third-order valence-corrected chi connectivity index (χ3v) is 7.44. The molecule has 0 aliphatic heterocycles. The van der Waals surface area contributed by atoms with E-state index in [1.54, 1.807) is 4.72 Å². The highest BCUT2D eigenvalue weighted by molar-refractivity contribution is 7.91. The molecule has 4 rings (SSSR count). The number of nitrogens with one attached hydrogen (secondary N) is 4. The molecule has 11 nitrogen and oxygen atoms in total. The van der Waals surface area contributed by atoms with E-state index < -0.39 is 38.4 Å². The minimum atomic E-state index is -3.75. The van der Waals surface area contributed by atoms with Crippen LogP contribution in [0.3, 0.4) is 0 Å². The lowest BCUT2D eigenvalue weighted by Crippen LogP contribution is -2.34. The number of nitrogens with zero attached hydrogens (tertiary/aromatic N) is 2. The average Bonchev–Trinajstić information content (AvgIpc) is 3.39. The number of aromatic nitrogens is 2. The van der Waals surface area contributed by atoms with E-state index in [4.69, 9.17) is 4.78 Å². The fraction of sp³-hybridized carbons (Fsp3) is 0.421. The van der Waals surface area contributed by atoms with Gasteiger partial charge in [-0.2, -0.15) is 5.10 Å². The van der Waals surface area contributed by atoms with Gasteiger partial charge in [0.15, 0.2) is 9.92 Å². The van der Waals surface area contributed by atoms with Crippen molar-refractivity contribution in [2.75, 3.05) is 11.6 Å². The monoisotopic (exact) mass is 480 g/mol. The summed E-state index contributed by atoms with van der Waals surface area (Å²) in [6.07, 6.45) is 8.84. The summed E-state index contributed by atoms with van der Waals surface area (Å²) in [5.41, 5.74) is 5.47. The van der Waals surface area contributed by atoms with E-state index in [0.29, 0.717) is 0 Å². The number of urea groups is 1. The van der Waals surface area contributed by atoms with Crippen molar-refractivity contribution in [3.63, 3.8) is 0 Å². The Morgan fingerprint density at radius 1 is 1.06 bits per heavy atom. The smallest absolute Gasteiger partial charge is 0.307 e. The van der Waals surface area contributed by atoms with Crippen LogP contribution in [-0.4, -0.2) is 40.6 Å². The van der Waals surface area contributed by atoms with Crippen molar-refractivity contribution < 1.29 is 22.2 Å². The molecular weight excluding hydrogens is 456 g/mol. The Morgan fingerprint density at radius 2 is 1.69 bits per heavy atom. The zero-order valence-electron chi connectivity index (χ0n) is 17.4. The first-order chi connectivity index (χ1) is 15.0. The summed E-state index contributed by atoms with van der Waals surface area (Å²) in [5.74, 6) is -0.837. The zero-order valence-corrected chi connectivity index (χ0v) is 19.1. The largest absolute Gasteiger partial charge is 0.331 e. The van der Waals surface area contributed by atoms with Crippen LogP contribution >= 0.6 is 0 Å². The van der Waals surface area contributed by atoms with E-state index in [2.05, 4.69) is 21.2 Å². The standard InChI is InChI=1S/C19H24N6O5S2/c1-31(28,29)23-17(26)11-25-10-14(9-21-25)32(20,30)24-19(27)22-18-15-6-2-4-12(15)8-13-5-3-7-16(13)18/h8-10H,2-7,11H2,1H3,(H,23,26)(H3,20,22,24,27,30). The van der Waals surface area contributed by atoms with Gasteiger partial charge in [0.25, 0.3) is 5.91 Å². The second kappa shape index (κ2) is 8.20. The molecular formula is C19H24N6O5S2. The van der Waals surface area contributed by atoms with Crippen LogP contribution < -0.4 is 14.8 Å². The van der Waals surface area contributed by atoms with E-state index >= 15 is 0 Å². The van der Waals surface area contributed by atoms with Gasteiger partial charge in [-0.15, -0.1) is 0 Å². The Hall–Kier alpha value is -2.93. The van der Waals surface area contributed by atoms with Crippen molar-refractivity contribution in [1.82, 2.24) is 19.2 Å². The molecule has 1 unspecified atom stereocenters. The Balaban J connectivity index is 1.47. The van der Waals surface area contributed by atoms with Crippen LogP contribution in [0, 0.1) is 4.78 Å². The highest BCUT2D eigenvalue weighted by Gasteiger charge is 2.26. The van der Waals surface area contributed by atoms with Gasteiger partial charge in [-0.3, -0.25) is 14.2 Å². The van der Waals surface area contributed by atoms with Crippen LogP contribution in [0.1, 0.15) is 35.1 Å². The highest BCUT2D eigenvalue weighted by atomic mass is 32.2. The summed E-state index contributed by atoms with van der Waals surface area (Å²) in [6.45, 7) is -0.447. The molecule has 0 spiro atoms. The maximum Gasteiger partial charge on any atom is 0.331 e. The minimum Gasteiger partial charge on any atom is -0.307 e. The summed E-state index contributed by atoms with van der Waals surface area (Å²) in [6, 6.07) is 1.48. The predicted octanol–water partition coefficient (Wildman–Crippen LogP) is 1.08. The molecule has 0 fully saturated rings. The molecule has 2 aromatic rings. The molecule has 172 valence electrons. The van der Waals surface area contributed by atoms with Gasteiger partial charge in [-0.25, -0.2) is 26.9 Å². The Morgan fingerprint density at radius 3 is 2.28 bits per heavy atom. The number of anilines is 1. The predicted molar refractivity (Wildman–Crippen MR) is 117 cm³/mol. The second-order valence-electron chi connectivity index (χ2n) is 8.02. The molecule has 13 heteroatoms. The van der Waals surface area contributed by atoms with E-state index in [1.807, 2.05) is 0 Å². The molecule has 0 radical (unpaired) electrons. The second-order valence-corrected chi connectivity index (χ2v) is 11.6. The molecule has 1 atom stereocenters. The Labute approximate surface area is 186 Å². The molecule has 4 N–H and O–H groups in total. The van der Waals surface area contributed by atoms with Gasteiger partial charge in [0.1, 0.15) is 11.4 Å². The van der Waals surface area contributed by atoms with Gasteiger partial charge in [0.05, 0.1) is 12.5 Å². The van der Waals surface area contributed by atoms with Crippen LogP contribution in [0.15, 0.2) is 23.4 Å². The number of fused-ring (bicyclic) bond motifs is 2. The number of rotatable bonds is 6. The topological polar surface area (TPSA) is 163 Å². The third-order valence-electron chi connectivity index (χ3n) is 5.49. The lowest BCUT2D eigenvalue weighted by atomic mass is 9.99. The lowest BCUT2D eigenvalue weighted by molar-refractivity contribution is -0.120. The van der Waals surface area contributed by atoms with Gasteiger partial charge in [0.2, 0.25) is 10.0 Å². The van der Waals surface area contributed by atoms with Gasteiger partial charge >= 0.3 is 6.03 Å². The van der Waals surface area contributed by atoms with Crippen LogP contribution in [0.25, 0.3) is 0 Å². The highest BCUT2D eigenvalue weighted by Crippen LogP contribution is 2.38. The summed E-state index contributed by atoms with van der Waals surface area (Å²) in [7, 11) is -7.47. The fourth-order valence-corrected chi connectivity index (χ4v) is 5.64. The first kappa shape index (κ1) is 22.3. The van der Waals surface area contributed by atoms with Crippen LogP contribution in [0.2, 0.25) is 0 Å². The summed E-state index contributed by atoms with van der Waals surface area (Å²) in [5, 5.41) is 6.65. The van der Waals surface area contributed by atoms with Gasteiger partial charge in [-0.05, 0) is 60.8 Å². The molecule has 1 heterocycles. The van der Waals surface area contributed by atoms with Crippen molar-refractivity contribution >= 4 is 37.6 Å². The number of hydrogen-bond acceptors (Lipinski definition) is 7. The summed E-state index contributed by atoms with van der Waals surface area (Å²) >= 11 is 0. The molecule has 2 aliphatic rings. The number of aryl methyl sites for hydroxylation is 2. The Kier molecular flexibility index (Phi) is 5.71. The molecule has 0 saturated heterocycles. The van der Waals surface area contributed by atoms with Crippen LogP contribution in [0.4, 0.5) is 10.5 Å². The summed E-state index contributed by atoms with van der Waals surface area (Å²) in [4.78, 5) is 24.3. The van der Waals surface area contributed by atoms with E-state index in [1.165, 1.54) is 11.1 Å². The van der Waals surface area contributed by atoms with Crippen molar-refractivity contribution in [2.24, 2.45) is 0 Å². The number of amides is 3. The first-order valence-corrected chi connectivity index (χ1v) is 13.5. The first-order valence-electron chi connectivity index (χ1n) is 10.1. The zero-order chi connectivity index (χ0) is 23.1. The molecule has 2 aliphatic carbocycles. The molecule has 1 aromatic heterocycles. The number of hydrogen-bond donors (Lipinski definition) is 4. The average molecular weight is 481 g/mol. The molecule has 3 amide bonds. The van der Waals surface area contributed by atoms with E-state index in [0.717, 1.165) is 78.7 Å². The molecule has 0 bridgehead atoms. The normalized spacial score (nSPS) is 16.7. The quantitative estimate of drug-likeness (QED) is 0.483. The maximum absolute atomic E-state index is 12.8. The van der Waals surface area contributed by atoms with E-state index in [9.17, 15) is 22.2 Å². The van der Waals surface area contributed by atoms with Gasteiger partial charge < -0.3 is 5.32 Å². The summed E-state index contributed by atoms with van der Waals surface area (Å²) < 4.78 is 48.2. The Bertz CT molecular complexity index is 1280. The molecule has 32 heavy (non-hydrogen) atoms. The number of sulfonamides is 1. The van der Waals surface area contributed by atoms with Crippen LogP contribution in [0.5, 0.6) is 0 Å². The molecule has 1 aromatic carbocycles.